The smallest absolute Gasteiger partial charge is 0.214 e. The zero-order valence-electron chi connectivity index (χ0n) is 9.14. The van der Waals surface area contributed by atoms with Crippen LogP contribution in [0.25, 0.3) is 0 Å². The van der Waals surface area contributed by atoms with Crippen molar-refractivity contribution in [3.63, 3.8) is 0 Å². The molecule has 3 nitrogen and oxygen atoms in total. The maximum absolute atomic E-state index is 12.9. The Bertz CT molecular complexity index is 484. The highest BCUT2D eigenvalue weighted by Crippen LogP contribution is 2.14. The van der Waals surface area contributed by atoms with E-state index < -0.39 is 5.95 Å². The summed E-state index contributed by atoms with van der Waals surface area (Å²) >= 11 is 1.61. The van der Waals surface area contributed by atoms with Crippen molar-refractivity contribution < 1.29 is 4.39 Å². The molecule has 0 fully saturated rings. The monoisotopic (exact) mass is 237 g/mol. The minimum absolute atomic E-state index is 0.459. The topological polar surface area (TPSA) is 29.0 Å². The molecule has 16 heavy (non-hydrogen) atoms. The number of pyridine rings is 1. The summed E-state index contributed by atoms with van der Waals surface area (Å²) in [5.41, 5.74) is 0.982. The van der Waals surface area contributed by atoms with Gasteiger partial charge in [0.1, 0.15) is 5.82 Å². The molecule has 0 atom stereocenters. The van der Waals surface area contributed by atoms with Gasteiger partial charge in [-0.3, -0.25) is 0 Å². The molecule has 0 saturated heterocycles. The van der Waals surface area contributed by atoms with Gasteiger partial charge in [-0.15, -0.1) is 11.3 Å². The second-order valence-electron chi connectivity index (χ2n) is 3.53. The molecule has 0 radical (unpaired) electrons. The molecule has 2 heterocycles. The molecule has 0 bridgehead atoms. The van der Waals surface area contributed by atoms with Crippen molar-refractivity contribution in [1.82, 2.24) is 9.97 Å². The van der Waals surface area contributed by atoms with E-state index in [2.05, 4.69) is 9.97 Å². The van der Waals surface area contributed by atoms with Gasteiger partial charge in [0.15, 0.2) is 0 Å². The fourth-order valence-corrected chi connectivity index (χ4v) is 2.02. The van der Waals surface area contributed by atoms with Crippen molar-refractivity contribution in [2.75, 3.05) is 11.9 Å². The quantitative estimate of drug-likeness (QED) is 0.768. The van der Waals surface area contributed by atoms with E-state index in [4.69, 9.17) is 0 Å². The Balaban J connectivity index is 2.11. The summed E-state index contributed by atoms with van der Waals surface area (Å²) in [7, 11) is 1.87. The van der Waals surface area contributed by atoms with Crippen molar-refractivity contribution >= 4 is 17.2 Å². The average Bonchev–Trinajstić information content (AvgIpc) is 2.64. The van der Waals surface area contributed by atoms with Crippen LogP contribution in [0.15, 0.2) is 23.6 Å². The van der Waals surface area contributed by atoms with Gasteiger partial charge in [0.05, 0.1) is 17.2 Å². The van der Waals surface area contributed by atoms with Crippen molar-refractivity contribution in [3.05, 3.63) is 40.2 Å². The molecule has 0 aliphatic heterocycles. The number of thiazole rings is 1. The Morgan fingerprint density at radius 1 is 1.38 bits per heavy atom. The fraction of sp³-hybridized carbons (Fsp3) is 0.273. The normalized spacial score (nSPS) is 10.4. The third kappa shape index (κ3) is 2.55. The third-order valence-electron chi connectivity index (χ3n) is 2.16. The number of halogens is 1. The van der Waals surface area contributed by atoms with E-state index in [0.717, 1.165) is 10.7 Å². The molecule has 2 rings (SSSR count). The first-order chi connectivity index (χ1) is 7.65. The number of aromatic nitrogens is 2. The van der Waals surface area contributed by atoms with Crippen LogP contribution in [0.5, 0.6) is 0 Å². The Hall–Kier alpha value is -1.49. The summed E-state index contributed by atoms with van der Waals surface area (Å²) in [5, 5.41) is 3.04. The first-order valence-electron chi connectivity index (χ1n) is 4.90. The SMILES string of the molecule is Cc1nc(CN(C)c2cccc(F)n2)cs1. The van der Waals surface area contributed by atoms with Crippen LogP contribution in [0.2, 0.25) is 0 Å². The van der Waals surface area contributed by atoms with Crippen molar-refractivity contribution in [3.8, 4) is 0 Å². The molecule has 0 aliphatic rings. The number of rotatable bonds is 3. The highest BCUT2D eigenvalue weighted by molar-refractivity contribution is 7.09. The van der Waals surface area contributed by atoms with E-state index in [-0.39, 0.29) is 0 Å². The molecule has 2 aromatic heterocycles. The van der Waals surface area contributed by atoms with Crippen LogP contribution >= 0.6 is 11.3 Å². The molecule has 2 aromatic rings. The molecule has 0 unspecified atom stereocenters. The molecule has 0 spiro atoms. The minimum atomic E-state index is -0.459. The molecular weight excluding hydrogens is 225 g/mol. The van der Waals surface area contributed by atoms with Gasteiger partial charge in [0.2, 0.25) is 5.95 Å². The van der Waals surface area contributed by atoms with E-state index in [1.807, 2.05) is 24.3 Å². The molecular formula is C11H12FN3S. The molecule has 84 valence electrons. The summed E-state index contributed by atoms with van der Waals surface area (Å²) in [6.07, 6.45) is 0. The standard InChI is InChI=1S/C11H12FN3S/c1-8-13-9(7-16-8)6-15(2)11-5-3-4-10(12)14-11/h3-5,7H,6H2,1-2H3. The molecule has 0 saturated carbocycles. The lowest BCUT2D eigenvalue weighted by atomic mass is 10.4. The molecule has 0 N–H and O–H groups in total. The largest absolute Gasteiger partial charge is 0.354 e. The van der Waals surface area contributed by atoms with E-state index in [0.29, 0.717) is 12.4 Å². The summed E-state index contributed by atoms with van der Waals surface area (Å²) < 4.78 is 12.9. The highest BCUT2D eigenvalue weighted by Gasteiger charge is 2.06. The van der Waals surface area contributed by atoms with E-state index in [9.17, 15) is 4.39 Å². The van der Waals surface area contributed by atoms with Crippen LogP contribution in [0.1, 0.15) is 10.7 Å². The number of aryl methyl sites for hydroxylation is 1. The third-order valence-corrected chi connectivity index (χ3v) is 2.98. The first-order valence-corrected chi connectivity index (χ1v) is 5.78. The molecule has 5 heteroatoms. The number of anilines is 1. The van der Waals surface area contributed by atoms with Crippen molar-refractivity contribution in [2.24, 2.45) is 0 Å². The lowest BCUT2D eigenvalue weighted by Gasteiger charge is -2.16. The van der Waals surface area contributed by atoms with Gasteiger partial charge in [0.25, 0.3) is 0 Å². The maximum Gasteiger partial charge on any atom is 0.214 e. The maximum atomic E-state index is 12.9. The Labute approximate surface area is 97.6 Å². The lowest BCUT2D eigenvalue weighted by Crippen LogP contribution is -2.18. The van der Waals surface area contributed by atoms with Crippen molar-refractivity contribution in [1.29, 1.82) is 0 Å². The summed E-state index contributed by atoms with van der Waals surface area (Å²) in [5.74, 6) is 0.157. The number of hydrogen-bond acceptors (Lipinski definition) is 4. The van der Waals surface area contributed by atoms with Crippen LogP contribution in [0, 0.1) is 12.9 Å². The second-order valence-corrected chi connectivity index (χ2v) is 4.59. The van der Waals surface area contributed by atoms with Gasteiger partial charge >= 0.3 is 0 Å². The first kappa shape index (κ1) is 11.0. The van der Waals surface area contributed by atoms with E-state index in [1.165, 1.54) is 6.07 Å². The molecule has 0 amide bonds. The Morgan fingerprint density at radius 3 is 2.81 bits per heavy atom. The van der Waals surface area contributed by atoms with Crippen LogP contribution < -0.4 is 4.90 Å². The van der Waals surface area contributed by atoms with Crippen molar-refractivity contribution in [2.45, 2.75) is 13.5 Å². The average molecular weight is 237 g/mol. The number of nitrogens with zero attached hydrogens (tertiary/aromatic N) is 3. The molecule has 0 aromatic carbocycles. The van der Waals surface area contributed by atoms with Gasteiger partial charge in [-0.1, -0.05) is 6.07 Å². The van der Waals surface area contributed by atoms with Gasteiger partial charge in [-0.25, -0.2) is 9.97 Å². The van der Waals surface area contributed by atoms with Gasteiger partial charge in [-0.2, -0.15) is 4.39 Å². The van der Waals surface area contributed by atoms with Crippen LogP contribution in [0.3, 0.4) is 0 Å². The summed E-state index contributed by atoms with van der Waals surface area (Å²) in [6, 6.07) is 4.77. The van der Waals surface area contributed by atoms with E-state index >= 15 is 0 Å². The van der Waals surface area contributed by atoms with Gasteiger partial charge in [0, 0.05) is 12.4 Å². The van der Waals surface area contributed by atoms with Gasteiger partial charge in [-0.05, 0) is 19.1 Å². The van der Waals surface area contributed by atoms with E-state index in [1.54, 1.807) is 23.5 Å². The minimum Gasteiger partial charge on any atom is -0.354 e. The summed E-state index contributed by atoms with van der Waals surface area (Å²) in [4.78, 5) is 10.0. The predicted molar refractivity (Wildman–Crippen MR) is 63.2 cm³/mol. The number of hydrogen-bond donors (Lipinski definition) is 0. The van der Waals surface area contributed by atoms with Crippen LogP contribution in [-0.2, 0) is 6.54 Å². The van der Waals surface area contributed by atoms with Crippen LogP contribution in [-0.4, -0.2) is 17.0 Å². The fourth-order valence-electron chi connectivity index (χ4n) is 1.41. The second kappa shape index (κ2) is 4.57. The lowest BCUT2D eigenvalue weighted by molar-refractivity contribution is 0.582. The zero-order valence-corrected chi connectivity index (χ0v) is 9.96. The predicted octanol–water partition coefficient (Wildman–Crippen LogP) is 2.62. The summed E-state index contributed by atoms with van der Waals surface area (Å²) in [6.45, 7) is 2.61. The zero-order chi connectivity index (χ0) is 11.5. The highest BCUT2D eigenvalue weighted by atomic mass is 32.1. The van der Waals surface area contributed by atoms with Gasteiger partial charge < -0.3 is 4.90 Å². The molecule has 0 aliphatic carbocycles. The Morgan fingerprint density at radius 2 is 2.19 bits per heavy atom. The van der Waals surface area contributed by atoms with Crippen LogP contribution in [0.4, 0.5) is 10.2 Å². The Kier molecular flexibility index (Phi) is 3.14.